The molecule has 0 unspecified atom stereocenters. The number of rotatable bonds is 4. The van der Waals surface area contributed by atoms with Gasteiger partial charge in [0, 0.05) is 4.90 Å². The SMILES string of the molecule is CCCCSc1ccc(F)cc1C#N. The summed E-state index contributed by atoms with van der Waals surface area (Å²) in [7, 11) is 0. The van der Waals surface area contributed by atoms with E-state index >= 15 is 0 Å². The Balaban J connectivity index is 2.72. The van der Waals surface area contributed by atoms with Gasteiger partial charge in [-0.3, -0.25) is 0 Å². The van der Waals surface area contributed by atoms with Crippen LogP contribution in [0.1, 0.15) is 25.3 Å². The van der Waals surface area contributed by atoms with Gasteiger partial charge in [0.1, 0.15) is 11.9 Å². The molecule has 0 bridgehead atoms. The van der Waals surface area contributed by atoms with Gasteiger partial charge in [-0.05, 0) is 30.4 Å². The van der Waals surface area contributed by atoms with Gasteiger partial charge in [0.15, 0.2) is 0 Å². The van der Waals surface area contributed by atoms with E-state index in [1.807, 2.05) is 6.07 Å². The van der Waals surface area contributed by atoms with Crippen molar-refractivity contribution in [2.75, 3.05) is 5.75 Å². The number of hydrogen-bond acceptors (Lipinski definition) is 2. The molecule has 1 rings (SSSR count). The van der Waals surface area contributed by atoms with Crippen molar-refractivity contribution in [3.8, 4) is 6.07 Å². The van der Waals surface area contributed by atoms with Gasteiger partial charge < -0.3 is 0 Å². The van der Waals surface area contributed by atoms with Crippen LogP contribution >= 0.6 is 11.8 Å². The Labute approximate surface area is 87.9 Å². The number of benzene rings is 1. The highest BCUT2D eigenvalue weighted by Crippen LogP contribution is 2.23. The number of thioether (sulfide) groups is 1. The van der Waals surface area contributed by atoms with E-state index in [1.165, 1.54) is 12.1 Å². The first-order valence-electron chi connectivity index (χ1n) is 4.60. The van der Waals surface area contributed by atoms with Crippen LogP contribution in [-0.4, -0.2) is 5.75 Å². The summed E-state index contributed by atoms with van der Waals surface area (Å²) in [6, 6.07) is 6.36. The van der Waals surface area contributed by atoms with Gasteiger partial charge in [0.05, 0.1) is 5.56 Å². The molecule has 0 aromatic heterocycles. The lowest BCUT2D eigenvalue weighted by atomic mass is 10.2. The van der Waals surface area contributed by atoms with E-state index in [4.69, 9.17) is 5.26 Å². The molecule has 0 aliphatic rings. The number of halogens is 1. The molecule has 0 atom stereocenters. The van der Waals surface area contributed by atoms with E-state index in [1.54, 1.807) is 17.8 Å². The number of hydrogen-bond donors (Lipinski definition) is 0. The van der Waals surface area contributed by atoms with E-state index in [9.17, 15) is 4.39 Å². The quantitative estimate of drug-likeness (QED) is 0.559. The Morgan fingerprint density at radius 3 is 2.93 bits per heavy atom. The van der Waals surface area contributed by atoms with Crippen molar-refractivity contribution in [1.29, 1.82) is 5.26 Å². The topological polar surface area (TPSA) is 23.8 Å². The second kappa shape index (κ2) is 5.66. The van der Waals surface area contributed by atoms with Crippen molar-refractivity contribution < 1.29 is 4.39 Å². The second-order valence-electron chi connectivity index (χ2n) is 2.95. The normalized spacial score (nSPS) is 9.79. The molecule has 0 amide bonds. The fraction of sp³-hybridized carbons (Fsp3) is 0.364. The lowest BCUT2D eigenvalue weighted by molar-refractivity contribution is 0.626. The van der Waals surface area contributed by atoms with Gasteiger partial charge in [0.2, 0.25) is 0 Å². The van der Waals surface area contributed by atoms with E-state index in [2.05, 4.69) is 6.92 Å². The molecule has 14 heavy (non-hydrogen) atoms. The molecule has 0 fully saturated rings. The predicted molar refractivity (Wildman–Crippen MR) is 56.7 cm³/mol. The summed E-state index contributed by atoms with van der Waals surface area (Å²) in [4.78, 5) is 0.877. The molecule has 0 spiro atoms. The smallest absolute Gasteiger partial charge is 0.124 e. The second-order valence-corrected chi connectivity index (χ2v) is 4.09. The maximum atomic E-state index is 12.8. The molecule has 1 aromatic carbocycles. The van der Waals surface area contributed by atoms with Crippen molar-refractivity contribution in [2.24, 2.45) is 0 Å². The minimum atomic E-state index is -0.346. The summed E-state index contributed by atoms with van der Waals surface area (Å²) >= 11 is 1.62. The van der Waals surface area contributed by atoms with Crippen LogP contribution in [0.15, 0.2) is 23.1 Å². The molecule has 74 valence electrons. The molecule has 0 saturated carbocycles. The summed E-state index contributed by atoms with van der Waals surface area (Å²) < 4.78 is 12.8. The summed E-state index contributed by atoms with van der Waals surface area (Å²) in [5, 5.41) is 8.77. The van der Waals surface area contributed by atoms with Crippen LogP contribution in [0.5, 0.6) is 0 Å². The first kappa shape index (κ1) is 11.1. The first-order chi connectivity index (χ1) is 6.77. The van der Waals surface area contributed by atoms with E-state index in [0.29, 0.717) is 5.56 Å². The first-order valence-corrected chi connectivity index (χ1v) is 5.59. The third-order valence-electron chi connectivity index (χ3n) is 1.82. The summed E-state index contributed by atoms with van der Waals surface area (Å²) in [5.74, 6) is 0.637. The molecule has 1 aromatic rings. The monoisotopic (exact) mass is 209 g/mol. The van der Waals surface area contributed by atoms with Gasteiger partial charge in [0.25, 0.3) is 0 Å². The average Bonchev–Trinajstić information content (AvgIpc) is 2.20. The fourth-order valence-corrected chi connectivity index (χ4v) is 2.12. The molecule has 0 aliphatic carbocycles. The van der Waals surface area contributed by atoms with Crippen LogP contribution in [-0.2, 0) is 0 Å². The molecule has 0 radical (unpaired) electrons. The zero-order valence-electron chi connectivity index (χ0n) is 8.09. The zero-order chi connectivity index (χ0) is 10.4. The fourth-order valence-electron chi connectivity index (χ4n) is 1.04. The summed E-state index contributed by atoms with van der Waals surface area (Å²) in [6.07, 6.45) is 2.25. The Morgan fingerprint density at radius 1 is 1.50 bits per heavy atom. The van der Waals surface area contributed by atoms with Gasteiger partial charge in [-0.1, -0.05) is 13.3 Å². The van der Waals surface area contributed by atoms with Crippen molar-refractivity contribution in [2.45, 2.75) is 24.7 Å². The van der Waals surface area contributed by atoms with Gasteiger partial charge in [-0.15, -0.1) is 11.8 Å². The van der Waals surface area contributed by atoms with Crippen molar-refractivity contribution in [3.63, 3.8) is 0 Å². The van der Waals surface area contributed by atoms with E-state index in [-0.39, 0.29) is 5.82 Å². The van der Waals surface area contributed by atoms with Crippen LogP contribution in [0.2, 0.25) is 0 Å². The van der Waals surface area contributed by atoms with Crippen LogP contribution in [0.25, 0.3) is 0 Å². The molecule has 0 heterocycles. The molecule has 0 aliphatic heterocycles. The highest BCUT2D eigenvalue weighted by molar-refractivity contribution is 7.99. The van der Waals surface area contributed by atoms with Crippen LogP contribution in [0.3, 0.4) is 0 Å². The third-order valence-corrected chi connectivity index (χ3v) is 2.98. The number of unbranched alkanes of at least 4 members (excludes halogenated alkanes) is 1. The van der Waals surface area contributed by atoms with Crippen molar-refractivity contribution in [3.05, 3.63) is 29.6 Å². The maximum absolute atomic E-state index is 12.8. The minimum Gasteiger partial charge on any atom is -0.207 e. The molecular formula is C11H12FNS. The highest BCUT2D eigenvalue weighted by atomic mass is 32.2. The van der Waals surface area contributed by atoms with Gasteiger partial charge >= 0.3 is 0 Å². The Bertz CT molecular complexity index is 344. The standard InChI is InChI=1S/C11H12FNS/c1-2-3-6-14-11-5-4-10(12)7-9(11)8-13/h4-5,7H,2-3,6H2,1H3. The highest BCUT2D eigenvalue weighted by Gasteiger charge is 2.03. The molecule has 0 N–H and O–H groups in total. The largest absolute Gasteiger partial charge is 0.207 e. The molecule has 1 nitrogen and oxygen atoms in total. The van der Waals surface area contributed by atoms with Crippen LogP contribution < -0.4 is 0 Å². The van der Waals surface area contributed by atoms with E-state index in [0.717, 1.165) is 23.5 Å². The van der Waals surface area contributed by atoms with Gasteiger partial charge in [-0.2, -0.15) is 5.26 Å². The Morgan fingerprint density at radius 2 is 2.29 bits per heavy atom. The maximum Gasteiger partial charge on any atom is 0.124 e. The number of nitriles is 1. The van der Waals surface area contributed by atoms with Gasteiger partial charge in [-0.25, -0.2) is 4.39 Å². The summed E-state index contributed by atoms with van der Waals surface area (Å²) in [6.45, 7) is 2.12. The molecule has 3 heteroatoms. The zero-order valence-corrected chi connectivity index (χ0v) is 8.90. The lowest BCUT2D eigenvalue weighted by Crippen LogP contribution is -1.85. The van der Waals surface area contributed by atoms with E-state index < -0.39 is 0 Å². The molecular weight excluding hydrogens is 197 g/mol. The lowest BCUT2D eigenvalue weighted by Gasteiger charge is -2.02. The minimum absolute atomic E-state index is 0.346. The summed E-state index contributed by atoms with van der Waals surface area (Å²) in [5.41, 5.74) is 0.436. The van der Waals surface area contributed by atoms with Crippen molar-refractivity contribution >= 4 is 11.8 Å². The predicted octanol–water partition coefficient (Wildman–Crippen LogP) is 3.59. The Kier molecular flexibility index (Phi) is 4.48. The average molecular weight is 209 g/mol. The van der Waals surface area contributed by atoms with Crippen molar-refractivity contribution in [1.82, 2.24) is 0 Å². The van der Waals surface area contributed by atoms with Crippen LogP contribution in [0, 0.1) is 17.1 Å². The third kappa shape index (κ3) is 3.04. The Hall–Kier alpha value is -1.01. The molecule has 0 saturated heterocycles. The van der Waals surface area contributed by atoms with Crippen LogP contribution in [0.4, 0.5) is 4.39 Å². The number of nitrogens with zero attached hydrogens (tertiary/aromatic N) is 1.